The lowest BCUT2D eigenvalue weighted by Gasteiger charge is -2.03. The second kappa shape index (κ2) is 3.63. The van der Waals surface area contributed by atoms with E-state index in [2.05, 4.69) is 15.4 Å². The van der Waals surface area contributed by atoms with Crippen LogP contribution >= 0.6 is 0 Å². The quantitative estimate of drug-likeness (QED) is 0.734. The summed E-state index contributed by atoms with van der Waals surface area (Å²) in [4.78, 5) is 4.24. The van der Waals surface area contributed by atoms with Gasteiger partial charge in [0.1, 0.15) is 5.82 Å². The second-order valence-electron chi connectivity index (χ2n) is 3.11. The molecule has 0 aliphatic rings. The van der Waals surface area contributed by atoms with Crippen molar-refractivity contribution in [1.29, 1.82) is 0 Å². The maximum atomic E-state index is 5.39. The average Bonchev–Trinajstić information content (AvgIpc) is 2.57. The lowest BCUT2D eigenvalue weighted by Crippen LogP contribution is -2.13. The topological polar surface area (TPSA) is 68.8 Å². The summed E-state index contributed by atoms with van der Waals surface area (Å²) in [5, 5.41) is 8.31. The third-order valence-corrected chi connectivity index (χ3v) is 2.08. The molecule has 5 heteroatoms. The maximum Gasteiger partial charge on any atom is 0.128 e. The average molecular weight is 191 g/mol. The molecule has 0 saturated heterocycles. The number of hydrogen-bond donors (Lipinski definition) is 2. The van der Waals surface area contributed by atoms with Crippen molar-refractivity contribution in [3.8, 4) is 0 Å². The van der Waals surface area contributed by atoms with Gasteiger partial charge in [-0.15, -0.1) is 0 Å². The molecule has 0 spiro atoms. The minimum Gasteiger partial charge on any atom is -0.369 e. The normalized spacial score (nSPS) is 10.7. The Kier molecular flexibility index (Phi) is 2.32. The van der Waals surface area contributed by atoms with Gasteiger partial charge < -0.3 is 11.1 Å². The maximum absolute atomic E-state index is 5.39. The first-order valence-electron chi connectivity index (χ1n) is 4.53. The highest BCUT2D eigenvalue weighted by molar-refractivity contribution is 5.79. The van der Waals surface area contributed by atoms with Gasteiger partial charge >= 0.3 is 0 Å². The third-order valence-electron chi connectivity index (χ3n) is 2.08. The van der Waals surface area contributed by atoms with Crippen LogP contribution in [0.5, 0.6) is 0 Å². The molecule has 2 aromatic rings. The number of fused-ring (bicyclic) bond motifs is 1. The van der Waals surface area contributed by atoms with E-state index >= 15 is 0 Å². The Bertz CT molecular complexity index is 434. The molecular formula is C9H13N5. The molecule has 2 heterocycles. The Morgan fingerprint density at radius 1 is 1.50 bits per heavy atom. The number of pyridine rings is 1. The van der Waals surface area contributed by atoms with Crippen LogP contribution in [0.25, 0.3) is 10.9 Å². The highest BCUT2D eigenvalue weighted by Gasteiger charge is 2.00. The van der Waals surface area contributed by atoms with Crippen LogP contribution in [0.15, 0.2) is 18.5 Å². The zero-order valence-electron chi connectivity index (χ0n) is 8.07. The lowest BCUT2D eigenvalue weighted by atomic mass is 10.3. The van der Waals surface area contributed by atoms with E-state index < -0.39 is 0 Å². The van der Waals surface area contributed by atoms with Gasteiger partial charge in [0.2, 0.25) is 0 Å². The molecule has 74 valence electrons. The van der Waals surface area contributed by atoms with Gasteiger partial charge in [-0.05, 0) is 0 Å². The second-order valence-corrected chi connectivity index (χ2v) is 3.11. The summed E-state index contributed by atoms with van der Waals surface area (Å²) in [5.74, 6) is 0.839. The van der Waals surface area contributed by atoms with Gasteiger partial charge in [0.25, 0.3) is 0 Å². The Labute approximate surface area is 81.9 Å². The van der Waals surface area contributed by atoms with Crippen LogP contribution in [0.3, 0.4) is 0 Å². The fourth-order valence-electron chi connectivity index (χ4n) is 1.34. The molecule has 0 atom stereocenters. The number of nitrogens with one attached hydrogen (secondary N) is 1. The van der Waals surface area contributed by atoms with Gasteiger partial charge in [-0.25, -0.2) is 4.98 Å². The van der Waals surface area contributed by atoms with Crippen LogP contribution in [-0.2, 0) is 7.05 Å². The molecular weight excluding hydrogens is 178 g/mol. The van der Waals surface area contributed by atoms with E-state index in [9.17, 15) is 0 Å². The fraction of sp³-hybridized carbons (Fsp3) is 0.333. The molecule has 0 bridgehead atoms. The summed E-state index contributed by atoms with van der Waals surface area (Å²) in [6.45, 7) is 1.33. The number of nitrogens with two attached hydrogens (primary N) is 1. The van der Waals surface area contributed by atoms with Gasteiger partial charge in [0.05, 0.1) is 11.7 Å². The van der Waals surface area contributed by atoms with E-state index in [-0.39, 0.29) is 0 Å². The molecule has 0 saturated carbocycles. The van der Waals surface area contributed by atoms with Crippen molar-refractivity contribution in [1.82, 2.24) is 14.8 Å². The van der Waals surface area contributed by atoms with E-state index in [1.807, 2.05) is 17.8 Å². The Morgan fingerprint density at radius 2 is 2.36 bits per heavy atom. The minimum absolute atomic E-state index is 0.602. The number of hydrogen-bond acceptors (Lipinski definition) is 4. The first-order valence-corrected chi connectivity index (χ1v) is 4.53. The predicted molar refractivity (Wildman–Crippen MR) is 56.1 cm³/mol. The van der Waals surface area contributed by atoms with Crippen molar-refractivity contribution in [2.45, 2.75) is 0 Å². The van der Waals surface area contributed by atoms with Crippen LogP contribution in [0.2, 0.25) is 0 Å². The van der Waals surface area contributed by atoms with Gasteiger partial charge in [-0.1, -0.05) is 0 Å². The van der Waals surface area contributed by atoms with Crippen molar-refractivity contribution in [2.24, 2.45) is 12.8 Å². The Balaban J connectivity index is 2.34. The predicted octanol–water partition coefficient (Wildman–Crippen LogP) is 0.339. The summed E-state index contributed by atoms with van der Waals surface area (Å²) in [6.07, 6.45) is 3.61. The van der Waals surface area contributed by atoms with Crippen LogP contribution in [0, 0.1) is 0 Å². The van der Waals surface area contributed by atoms with Crippen LogP contribution in [-0.4, -0.2) is 27.9 Å². The number of nitrogens with zero attached hydrogens (tertiary/aromatic N) is 3. The molecule has 0 aromatic carbocycles. The molecule has 0 aliphatic carbocycles. The van der Waals surface area contributed by atoms with Crippen molar-refractivity contribution in [3.05, 3.63) is 18.5 Å². The van der Waals surface area contributed by atoms with E-state index in [0.29, 0.717) is 6.54 Å². The van der Waals surface area contributed by atoms with Gasteiger partial charge in [0.15, 0.2) is 0 Å². The number of aryl methyl sites for hydroxylation is 1. The molecule has 2 rings (SSSR count). The zero-order chi connectivity index (χ0) is 9.97. The van der Waals surface area contributed by atoms with E-state index in [4.69, 9.17) is 5.73 Å². The zero-order valence-corrected chi connectivity index (χ0v) is 8.07. The van der Waals surface area contributed by atoms with Crippen LogP contribution < -0.4 is 11.1 Å². The highest BCUT2D eigenvalue weighted by atomic mass is 15.2. The smallest absolute Gasteiger partial charge is 0.128 e. The number of rotatable bonds is 3. The molecule has 0 radical (unpaired) electrons. The van der Waals surface area contributed by atoms with Gasteiger partial charge in [-0.2, -0.15) is 5.10 Å². The number of aromatic nitrogens is 3. The standard InChI is InChI=1S/C9H13N5/c1-14-8-4-9(11-3-2-10)12-5-7(8)6-13-14/h4-6H,2-3,10H2,1H3,(H,11,12). The van der Waals surface area contributed by atoms with E-state index in [0.717, 1.165) is 23.3 Å². The summed E-state index contributed by atoms with van der Waals surface area (Å²) >= 11 is 0. The van der Waals surface area contributed by atoms with Gasteiger partial charge in [-0.3, -0.25) is 4.68 Å². The van der Waals surface area contributed by atoms with E-state index in [1.54, 1.807) is 12.4 Å². The monoisotopic (exact) mass is 191 g/mol. The first kappa shape index (κ1) is 8.96. The molecule has 0 aliphatic heterocycles. The summed E-state index contributed by atoms with van der Waals surface area (Å²) < 4.78 is 1.82. The van der Waals surface area contributed by atoms with Crippen molar-refractivity contribution >= 4 is 16.7 Å². The molecule has 14 heavy (non-hydrogen) atoms. The van der Waals surface area contributed by atoms with Crippen molar-refractivity contribution in [2.75, 3.05) is 18.4 Å². The van der Waals surface area contributed by atoms with E-state index in [1.165, 1.54) is 0 Å². The Hall–Kier alpha value is -1.62. The third kappa shape index (κ3) is 1.54. The first-order chi connectivity index (χ1) is 6.81. The summed E-state index contributed by atoms with van der Waals surface area (Å²) in [5.41, 5.74) is 6.46. The fourth-order valence-corrected chi connectivity index (χ4v) is 1.34. The Morgan fingerprint density at radius 3 is 3.14 bits per heavy atom. The van der Waals surface area contributed by atoms with Gasteiger partial charge in [0, 0.05) is 37.8 Å². The van der Waals surface area contributed by atoms with Crippen molar-refractivity contribution in [3.63, 3.8) is 0 Å². The molecule has 3 N–H and O–H groups in total. The number of anilines is 1. The van der Waals surface area contributed by atoms with Crippen LogP contribution in [0.1, 0.15) is 0 Å². The van der Waals surface area contributed by atoms with Crippen LogP contribution in [0.4, 0.5) is 5.82 Å². The summed E-state index contributed by atoms with van der Waals surface area (Å²) in [6, 6.07) is 1.97. The summed E-state index contributed by atoms with van der Waals surface area (Å²) in [7, 11) is 1.91. The highest BCUT2D eigenvalue weighted by Crippen LogP contribution is 2.14. The lowest BCUT2D eigenvalue weighted by molar-refractivity contribution is 0.797. The molecule has 0 fully saturated rings. The molecule has 0 unspecified atom stereocenters. The minimum atomic E-state index is 0.602. The SMILES string of the molecule is Cn1ncc2cnc(NCCN)cc21. The van der Waals surface area contributed by atoms with Crippen molar-refractivity contribution < 1.29 is 0 Å². The molecule has 5 nitrogen and oxygen atoms in total. The molecule has 0 amide bonds. The molecule has 2 aromatic heterocycles. The largest absolute Gasteiger partial charge is 0.369 e.